The van der Waals surface area contributed by atoms with Gasteiger partial charge in [0, 0.05) is 35.6 Å². The Morgan fingerprint density at radius 3 is 2.95 bits per heavy atom. The summed E-state index contributed by atoms with van der Waals surface area (Å²) in [7, 11) is 0. The van der Waals surface area contributed by atoms with Crippen molar-refractivity contribution < 1.29 is 4.79 Å². The molecule has 0 aliphatic carbocycles. The van der Waals surface area contributed by atoms with Gasteiger partial charge in [-0.05, 0) is 50.1 Å². The van der Waals surface area contributed by atoms with E-state index in [0.717, 1.165) is 43.7 Å². The van der Waals surface area contributed by atoms with E-state index < -0.39 is 0 Å². The fraction of sp³-hybridized carbons (Fsp3) is 0.533. The van der Waals surface area contributed by atoms with Crippen molar-refractivity contribution in [2.45, 2.75) is 19.8 Å². The maximum Gasteiger partial charge on any atom is 0.254 e. The summed E-state index contributed by atoms with van der Waals surface area (Å²) in [6.07, 6.45) is 2.31. The predicted octanol–water partition coefficient (Wildman–Crippen LogP) is 2.47. The SMILES string of the molecule is Cc1cc(Cl)ccc1C(=O)N1CCC2(CCNC2)C1. The molecular weight excluding hydrogens is 260 g/mol. The van der Waals surface area contributed by atoms with Gasteiger partial charge >= 0.3 is 0 Å². The summed E-state index contributed by atoms with van der Waals surface area (Å²) in [6, 6.07) is 5.50. The van der Waals surface area contributed by atoms with Gasteiger partial charge in [0.1, 0.15) is 0 Å². The molecule has 1 spiro atoms. The Morgan fingerprint density at radius 1 is 1.42 bits per heavy atom. The Kier molecular flexibility index (Phi) is 3.27. The molecule has 1 aromatic carbocycles. The van der Waals surface area contributed by atoms with Gasteiger partial charge < -0.3 is 10.2 Å². The number of likely N-dealkylation sites (tertiary alicyclic amines) is 1. The van der Waals surface area contributed by atoms with E-state index in [1.807, 2.05) is 24.0 Å². The van der Waals surface area contributed by atoms with Crippen LogP contribution in [0.5, 0.6) is 0 Å². The van der Waals surface area contributed by atoms with Crippen LogP contribution >= 0.6 is 11.6 Å². The van der Waals surface area contributed by atoms with Crippen molar-refractivity contribution >= 4 is 17.5 Å². The van der Waals surface area contributed by atoms with Crippen molar-refractivity contribution in [1.29, 1.82) is 0 Å². The van der Waals surface area contributed by atoms with Crippen LogP contribution in [0.1, 0.15) is 28.8 Å². The Labute approximate surface area is 118 Å². The summed E-state index contributed by atoms with van der Waals surface area (Å²) in [6.45, 7) is 5.85. The number of amides is 1. The van der Waals surface area contributed by atoms with E-state index in [1.165, 1.54) is 6.42 Å². The summed E-state index contributed by atoms with van der Waals surface area (Å²) in [4.78, 5) is 14.6. The number of carbonyl (C=O) groups excluding carboxylic acids is 1. The first-order valence-corrected chi connectivity index (χ1v) is 7.24. The first-order chi connectivity index (χ1) is 9.10. The third-order valence-electron chi connectivity index (χ3n) is 4.48. The molecule has 3 nitrogen and oxygen atoms in total. The highest BCUT2D eigenvalue weighted by molar-refractivity contribution is 6.30. The third-order valence-corrected chi connectivity index (χ3v) is 4.71. The number of benzene rings is 1. The molecule has 2 heterocycles. The van der Waals surface area contributed by atoms with Crippen molar-refractivity contribution in [3.8, 4) is 0 Å². The van der Waals surface area contributed by atoms with Gasteiger partial charge in [-0.2, -0.15) is 0 Å². The van der Waals surface area contributed by atoms with Crippen molar-refractivity contribution in [2.75, 3.05) is 26.2 Å². The van der Waals surface area contributed by atoms with E-state index in [9.17, 15) is 4.79 Å². The van der Waals surface area contributed by atoms with Gasteiger partial charge in [0.2, 0.25) is 0 Å². The lowest BCUT2D eigenvalue weighted by atomic mass is 9.86. The van der Waals surface area contributed by atoms with Crippen LogP contribution in [-0.2, 0) is 0 Å². The lowest BCUT2D eigenvalue weighted by Gasteiger charge is -2.23. The largest absolute Gasteiger partial charge is 0.338 e. The topological polar surface area (TPSA) is 32.3 Å². The van der Waals surface area contributed by atoms with Gasteiger partial charge in [-0.3, -0.25) is 4.79 Å². The zero-order chi connectivity index (χ0) is 13.5. The average Bonchev–Trinajstić information content (AvgIpc) is 3.00. The number of halogens is 1. The molecule has 1 N–H and O–H groups in total. The first kappa shape index (κ1) is 12.9. The van der Waals surface area contributed by atoms with E-state index in [4.69, 9.17) is 11.6 Å². The molecule has 2 aliphatic rings. The van der Waals surface area contributed by atoms with Gasteiger partial charge in [0.05, 0.1) is 0 Å². The smallest absolute Gasteiger partial charge is 0.254 e. The van der Waals surface area contributed by atoms with E-state index in [0.29, 0.717) is 10.4 Å². The minimum absolute atomic E-state index is 0.151. The molecule has 19 heavy (non-hydrogen) atoms. The highest BCUT2D eigenvalue weighted by atomic mass is 35.5. The summed E-state index contributed by atoms with van der Waals surface area (Å²) in [5, 5.41) is 4.10. The van der Waals surface area contributed by atoms with Crippen LogP contribution in [0.15, 0.2) is 18.2 Å². The zero-order valence-electron chi connectivity index (χ0n) is 11.2. The zero-order valence-corrected chi connectivity index (χ0v) is 12.0. The second-order valence-corrected chi connectivity index (χ2v) is 6.30. The van der Waals surface area contributed by atoms with Crippen molar-refractivity contribution in [3.05, 3.63) is 34.3 Å². The standard InChI is InChI=1S/C15H19ClN2O/c1-11-8-12(16)2-3-13(11)14(19)18-7-5-15(10-18)4-6-17-9-15/h2-3,8,17H,4-7,9-10H2,1H3. The summed E-state index contributed by atoms with van der Waals surface area (Å²) < 4.78 is 0. The molecule has 3 rings (SSSR count). The van der Waals surface area contributed by atoms with Crippen molar-refractivity contribution in [3.63, 3.8) is 0 Å². The lowest BCUT2D eigenvalue weighted by Crippen LogP contribution is -2.33. The van der Waals surface area contributed by atoms with E-state index in [-0.39, 0.29) is 5.91 Å². The average molecular weight is 279 g/mol. The van der Waals surface area contributed by atoms with Crippen LogP contribution in [0.4, 0.5) is 0 Å². The van der Waals surface area contributed by atoms with Crippen LogP contribution < -0.4 is 5.32 Å². The van der Waals surface area contributed by atoms with Crippen LogP contribution in [0.2, 0.25) is 5.02 Å². The predicted molar refractivity (Wildman–Crippen MR) is 76.6 cm³/mol. The summed E-state index contributed by atoms with van der Waals surface area (Å²) >= 11 is 5.95. The highest BCUT2D eigenvalue weighted by Gasteiger charge is 2.42. The molecule has 102 valence electrons. The second-order valence-electron chi connectivity index (χ2n) is 5.86. The molecule has 0 bridgehead atoms. The third kappa shape index (κ3) is 2.37. The number of hydrogen-bond acceptors (Lipinski definition) is 2. The van der Waals surface area contributed by atoms with E-state index >= 15 is 0 Å². The molecule has 0 radical (unpaired) electrons. The van der Waals surface area contributed by atoms with Crippen molar-refractivity contribution in [2.24, 2.45) is 5.41 Å². The number of nitrogens with one attached hydrogen (secondary N) is 1. The molecule has 2 aliphatic heterocycles. The molecular formula is C15H19ClN2O. The Morgan fingerprint density at radius 2 is 2.26 bits per heavy atom. The molecule has 1 atom stereocenters. The second kappa shape index (κ2) is 4.80. The van der Waals surface area contributed by atoms with Crippen LogP contribution in [0.25, 0.3) is 0 Å². The van der Waals surface area contributed by atoms with Crippen molar-refractivity contribution in [1.82, 2.24) is 10.2 Å². The summed E-state index contributed by atoms with van der Waals surface area (Å²) in [5.41, 5.74) is 2.08. The maximum atomic E-state index is 12.6. The van der Waals surface area contributed by atoms with Crippen LogP contribution in [-0.4, -0.2) is 37.0 Å². The number of nitrogens with zero attached hydrogens (tertiary/aromatic N) is 1. The van der Waals surface area contributed by atoms with E-state index in [2.05, 4.69) is 5.32 Å². The molecule has 1 unspecified atom stereocenters. The summed E-state index contributed by atoms with van der Waals surface area (Å²) in [5.74, 6) is 0.151. The number of rotatable bonds is 1. The highest BCUT2D eigenvalue weighted by Crippen LogP contribution is 2.36. The van der Waals surface area contributed by atoms with Gasteiger partial charge in [0.15, 0.2) is 0 Å². The molecule has 1 aromatic rings. The Balaban J connectivity index is 1.78. The van der Waals surface area contributed by atoms with E-state index in [1.54, 1.807) is 6.07 Å². The minimum atomic E-state index is 0.151. The van der Waals surface area contributed by atoms with Gasteiger partial charge in [0.25, 0.3) is 5.91 Å². The molecule has 2 saturated heterocycles. The lowest BCUT2D eigenvalue weighted by molar-refractivity contribution is 0.0775. The number of aryl methyl sites for hydroxylation is 1. The van der Waals surface area contributed by atoms with Crippen LogP contribution in [0.3, 0.4) is 0 Å². The fourth-order valence-corrected chi connectivity index (χ4v) is 3.52. The van der Waals surface area contributed by atoms with Gasteiger partial charge in [-0.1, -0.05) is 11.6 Å². The maximum absolute atomic E-state index is 12.6. The first-order valence-electron chi connectivity index (χ1n) is 6.86. The molecule has 0 aromatic heterocycles. The minimum Gasteiger partial charge on any atom is -0.338 e. The normalized spacial score (nSPS) is 26.3. The Bertz CT molecular complexity index is 509. The van der Waals surface area contributed by atoms with Gasteiger partial charge in [-0.25, -0.2) is 0 Å². The number of hydrogen-bond donors (Lipinski definition) is 1. The fourth-order valence-electron chi connectivity index (χ4n) is 3.29. The Hall–Kier alpha value is -1.06. The van der Waals surface area contributed by atoms with Gasteiger partial charge in [-0.15, -0.1) is 0 Å². The molecule has 0 saturated carbocycles. The number of carbonyl (C=O) groups is 1. The molecule has 1 amide bonds. The molecule has 4 heteroatoms. The quantitative estimate of drug-likeness (QED) is 0.856. The van der Waals surface area contributed by atoms with Crippen LogP contribution in [0, 0.1) is 12.3 Å². The monoisotopic (exact) mass is 278 g/mol. The molecule has 2 fully saturated rings.